The van der Waals surface area contributed by atoms with Crippen molar-refractivity contribution in [2.24, 2.45) is 5.92 Å². The molecule has 0 N–H and O–H groups in total. The number of likely N-dealkylation sites (tertiary alicyclic amines) is 2. The smallest absolute Gasteiger partial charge is 0.239 e. The minimum absolute atomic E-state index is 0.0270. The molecule has 1 aromatic heterocycles. The Hall–Kier alpha value is -2.78. The normalized spacial score (nSPS) is 20.8. The molecule has 0 saturated carbocycles. The van der Waals surface area contributed by atoms with Crippen molar-refractivity contribution in [3.8, 4) is 17.2 Å². The van der Waals surface area contributed by atoms with E-state index in [1.165, 1.54) is 11.9 Å². The number of benzene rings is 1. The van der Waals surface area contributed by atoms with Gasteiger partial charge in [-0.15, -0.1) is 0 Å². The van der Waals surface area contributed by atoms with E-state index in [-0.39, 0.29) is 17.9 Å². The quantitative estimate of drug-likeness (QED) is 0.822. The van der Waals surface area contributed by atoms with Gasteiger partial charge in [-0.1, -0.05) is 24.3 Å². The number of hydrogen-bond donors (Lipinski definition) is 0. The third kappa shape index (κ3) is 4.05. The summed E-state index contributed by atoms with van der Waals surface area (Å²) in [6, 6.07) is 10.7. The van der Waals surface area contributed by atoms with Crippen molar-refractivity contribution in [2.45, 2.75) is 38.3 Å². The van der Waals surface area contributed by atoms with Crippen LogP contribution in [-0.2, 0) is 11.3 Å². The van der Waals surface area contributed by atoms with E-state index < -0.39 is 0 Å². The maximum atomic E-state index is 13.0. The van der Waals surface area contributed by atoms with Gasteiger partial charge < -0.3 is 4.90 Å². The summed E-state index contributed by atoms with van der Waals surface area (Å²) in [6.07, 6.45) is 8.75. The van der Waals surface area contributed by atoms with Crippen molar-refractivity contribution >= 4 is 5.91 Å². The Balaban J connectivity index is 1.39. The van der Waals surface area contributed by atoms with Gasteiger partial charge in [0.05, 0.1) is 12.1 Å². The minimum Gasteiger partial charge on any atom is -0.341 e. The first-order valence-electron chi connectivity index (χ1n) is 10.0. The van der Waals surface area contributed by atoms with Crippen molar-refractivity contribution in [1.82, 2.24) is 19.8 Å². The van der Waals surface area contributed by atoms with Crippen molar-refractivity contribution in [2.75, 3.05) is 19.6 Å². The highest BCUT2D eigenvalue weighted by molar-refractivity contribution is 5.82. The molecule has 3 heterocycles. The highest BCUT2D eigenvalue weighted by atomic mass is 16.2. The zero-order chi connectivity index (χ0) is 19.3. The summed E-state index contributed by atoms with van der Waals surface area (Å²) in [5, 5.41) is 9.06. The zero-order valence-electron chi connectivity index (χ0n) is 16.0. The van der Waals surface area contributed by atoms with Gasteiger partial charge in [-0.25, -0.2) is 9.97 Å². The number of hydrogen-bond acceptors (Lipinski definition) is 5. The van der Waals surface area contributed by atoms with Gasteiger partial charge in [-0.05, 0) is 43.4 Å². The van der Waals surface area contributed by atoms with Gasteiger partial charge in [-0.2, -0.15) is 5.26 Å². The van der Waals surface area contributed by atoms with Gasteiger partial charge in [0, 0.05) is 43.5 Å². The summed E-state index contributed by atoms with van der Waals surface area (Å²) in [5.74, 6) is 0.351. The molecule has 0 radical (unpaired) electrons. The van der Waals surface area contributed by atoms with Crippen molar-refractivity contribution in [1.29, 1.82) is 5.26 Å². The van der Waals surface area contributed by atoms with Crippen LogP contribution < -0.4 is 0 Å². The van der Waals surface area contributed by atoms with Gasteiger partial charge >= 0.3 is 0 Å². The highest BCUT2D eigenvalue weighted by Gasteiger charge is 2.35. The summed E-state index contributed by atoms with van der Waals surface area (Å²) in [7, 11) is 0. The molecule has 6 heteroatoms. The van der Waals surface area contributed by atoms with Crippen LogP contribution in [0.2, 0.25) is 0 Å². The fourth-order valence-corrected chi connectivity index (χ4v) is 4.22. The lowest BCUT2D eigenvalue weighted by atomic mass is 9.98. The summed E-state index contributed by atoms with van der Waals surface area (Å²) in [4.78, 5) is 25.4. The number of piperidine rings is 1. The Morgan fingerprint density at radius 2 is 1.75 bits per heavy atom. The predicted molar refractivity (Wildman–Crippen MR) is 106 cm³/mol. The number of rotatable bonds is 4. The van der Waals surface area contributed by atoms with E-state index in [1.54, 1.807) is 0 Å². The fourth-order valence-electron chi connectivity index (χ4n) is 4.22. The first-order chi connectivity index (χ1) is 13.7. The summed E-state index contributed by atoms with van der Waals surface area (Å²) in [6.45, 7) is 3.18. The number of carbonyl (C=O) groups is 1. The van der Waals surface area contributed by atoms with Gasteiger partial charge in [-0.3, -0.25) is 9.69 Å². The third-order valence-electron chi connectivity index (χ3n) is 5.87. The van der Waals surface area contributed by atoms with Crippen LogP contribution in [0, 0.1) is 17.2 Å². The molecule has 4 rings (SSSR count). The van der Waals surface area contributed by atoms with Crippen LogP contribution in [0.4, 0.5) is 0 Å². The Bertz CT molecular complexity index is 837. The van der Waals surface area contributed by atoms with Crippen LogP contribution in [0.5, 0.6) is 0 Å². The van der Waals surface area contributed by atoms with E-state index in [0.29, 0.717) is 0 Å². The molecule has 2 aromatic rings. The zero-order valence-corrected chi connectivity index (χ0v) is 16.0. The molecule has 1 unspecified atom stereocenters. The lowest BCUT2D eigenvalue weighted by Crippen LogP contribution is -2.48. The van der Waals surface area contributed by atoms with E-state index in [9.17, 15) is 4.79 Å². The molecule has 0 bridgehead atoms. The SMILES string of the molecule is N#CC1CCN(C(=O)C2CCCN2Cc2ccc(-c3cncnc3)cc2)CC1. The molecule has 1 atom stereocenters. The van der Waals surface area contributed by atoms with Crippen molar-refractivity contribution in [3.63, 3.8) is 0 Å². The number of carbonyl (C=O) groups excluding carboxylic acids is 1. The fraction of sp³-hybridized carbons (Fsp3) is 0.455. The molecule has 2 aliphatic rings. The van der Waals surface area contributed by atoms with Crippen LogP contribution in [0.25, 0.3) is 11.1 Å². The molecule has 0 spiro atoms. The summed E-state index contributed by atoms with van der Waals surface area (Å²) < 4.78 is 0. The molecule has 1 amide bonds. The molecule has 28 heavy (non-hydrogen) atoms. The Labute approximate surface area is 165 Å². The molecule has 6 nitrogen and oxygen atoms in total. The molecule has 1 aromatic carbocycles. The monoisotopic (exact) mass is 375 g/mol. The molecule has 2 saturated heterocycles. The third-order valence-corrected chi connectivity index (χ3v) is 5.87. The molecule has 0 aliphatic carbocycles. The predicted octanol–water partition coefficient (Wildman–Crippen LogP) is 2.87. The minimum atomic E-state index is -0.0270. The van der Waals surface area contributed by atoms with E-state index in [4.69, 9.17) is 5.26 Å². The van der Waals surface area contributed by atoms with E-state index >= 15 is 0 Å². The van der Waals surface area contributed by atoms with Crippen LogP contribution in [0.1, 0.15) is 31.2 Å². The molecular weight excluding hydrogens is 350 g/mol. The molecular formula is C22H25N5O. The number of amides is 1. The van der Waals surface area contributed by atoms with E-state index in [0.717, 1.165) is 63.0 Å². The lowest BCUT2D eigenvalue weighted by Gasteiger charge is -2.34. The molecule has 2 aliphatic heterocycles. The number of nitriles is 1. The maximum Gasteiger partial charge on any atom is 0.239 e. The first-order valence-corrected chi connectivity index (χ1v) is 10.0. The van der Waals surface area contributed by atoms with Gasteiger partial charge in [0.25, 0.3) is 0 Å². The molecule has 2 fully saturated rings. The van der Waals surface area contributed by atoms with Crippen LogP contribution in [0.3, 0.4) is 0 Å². The highest BCUT2D eigenvalue weighted by Crippen LogP contribution is 2.25. The number of aromatic nitrogens is 2. The second-order valence-electron chi connectivity index (χ2n) is 7.68. The average molecular weight is 375 g/mol. The second-order valence-corrected chi connectivity index (χ2v) is 7.68. The Kier molecular flexibility index (Phi) is 5.63. The first kappa shape index (κ1) is 18.6. The van der Waals surface area contributed by atoms with Crippen LogP contribution in [0.15, 0.2) is 43.0 Å². The van der Waals surface area contributed by atoms with E-state index in [2.05, 4.69) is 45.2 Å². The van der Waals surface area contributed by atoms with Crippen molar-refractivity contribution in [3.05, 3.63) is 48.5 Å². The summed E-state index contributed by atoms with van der Waals surface area (Å²) in [5.41, 5.74) is 3.31. The largest absolute Gasteiger partial charge is 0.341 e. The van der Waals surface area contributed by atoms with Crippen LogP contribution in [-0.4, -0.2) is 51.4 Å². The maximum absolute atomic E-state index is 13.0. The average Bonchev–Trinajstić information content (AvgIpc) is 3.22. The van der Waals surface area contributed by atoms with Crippen molar-refractivity contribution < 1.29 is 4.79 Å². The standard InChI is InChI=1S/C22H25N5O/c23-12-17-7-10-26(11-8-17)22(28)21-2-1-9-27(21)15-18-3-5-19(6-4-18)20-13-24-16-25-14-20/h3-6,13-14,16-17,21H,1-2,7-11,15H2. The Morgan fingerprint density at radius 3 is 2.43 bits per heavy atom. The second kappa shape index (κ2) is 8.49. The molecule has 144 valence electrons. The summed E-state index contributed by atoms with van der Waals surface area (Å²) >= 11 is 0. The van der Waals surface area contributed by atoms with Gasteiger partial charge in [0.1, 0.15) is 6.33 Å². The topological polar surface area (TPSA) is 73.1 Å². The van der Waals surface area contributed by atoms with Gasteiger partial charge in [0.2, 0.25) is 5.91 Å². The Morgan fingerprint density at radius 1 is 1.04 bits per heavy atom. The van der Waals surface area contributed by atoms with Crippen LogP contribution >= 0.6 is 0 Å². The number of nitrogens with zero attached hydrogens (tertiary/aromatic N) is 5. The lowest BCUT2D eigenvalue weighted by molar-refractivity contribution is -0.137. The van der Waals surface area contributed by atoms with E-state index in [1.807, 2.05) is 17.3 Å². The van der Waals surface area contributed by atoms with Gasteiger partial charge in [0.15, 0.2) is 0 Å².